The Morgan fingerprint density at radius 3 is 1.44 bits per heavy atom. The molecule has 0 N–H and O–H groups in total. The molecule has 0 unspecified atom stereocenters. The van der Waals surface area contributed by atoms with Crippen LogP contribution in [0.1, 0.15) is 31.8 Å². The molecule has 0 amide bonds. The fourth-order valence-corrected chi connectivity index (χ4v) is 1.89. The van der Waals surface area contributed by atoms with Crippen molar-refractivity contribution in [1.29, 1.82) is 10.5 Å². The number of aldehydes is 2. The van der Waals surface area contributed by atoms with Crippen LogP contribution in [0.25, 0.3) is 10.8 Å². The maximum absolute atomic E-state index is 10.8. The molecule has 2 aromatic carbocycles. The Labute approximate surface area is 103 Å². The van der Waals surface area contributed by atoms with Gasteiger partial charge in [-0.2, -0.15) is 10.5 Å². The molecule has 2 rings (SSSR count). The maximum atomic E-state index is 10.8. The molecule has 0 atom stereocenters. The molecule has 0 fully saturated rings. The van der Waals surface area contributed by atoms with Crippen LogP contribution in [0.15, 0.2) is 24.3 Å². The van der Waals surface area contributed by atoms with E-state index in [2.05, 4.69) is 0 Å². The van der Waals surface area contributed by atoms with E-state index in [4.69, 9.17) is 10.5 Å². The zero-order valence-electron chi connectivity index (χ0n) is 9.18. The summed E-state index contributed by atoms with van der Waals surface area (Å²) in [5.41, 5.74) is 0.980. The normalized spacial score (nSPS) is 9.44. The van der Waals surface area contributed by atoms with Gasteiger partial charge in [0.05, 0.1) is 11.1 Å². The van der Waals surface area contributed by atoms with E-state index >= 15 is 0 Å². The first-order valence-electron chi connectivity index (χ1n) is 5.07. The molecule has 0 heterocycles. The highest BCUT2D eigenvalue weighted by Gasteiger charge is 2.12. The van der Waals surface area contributed by atoms with Gasteiger partial charge in [-0.15, -0.1) is 0 Å². The van der Waals surface area contributed by atoms with E-state index in [0.717, 1.165) is 0 Å². The standard InChI is InChI=1S/C14H6N2O2/c15-5-13-9(7-17)1-3-11-12(13)4-2-10(8-18)14(11)6-16/h1-4,7-8H. The molecule has 0 saturated heterocycles. The summed E-state index contributed by atoms with van der Waals surface area (Å²) in [5.74, 6) is 0. The van der Waals surface area contributed by atoms with Crippen LogP contribution < -0.4 is 0 Å². The number of benzene rings is 2. The minimum absolute atomic E-state index is 0.219. The van der Waals surface area contributed by atoms with E-state index < -0.39 is 0 Å². The van der Waals surface area contributed by atoms with E-state index in [9.17, 15) is 9.59 Å². The Morgan fingerprint density at radius 1 is 0.778 bits per heavy atom. The third kappa shape index (κ3) is 1.53. The zero-order valence-corrected chi connectivity index (χ0v) is 9.18. The highest BCUT2D eigenvalue weighted by Crippen LogP contribution is 2.26. The molecular weight excluding hydrogens is 228 g/mol. The van der Waals surface area contributed by atoms with Gasteiger partial charge in [-0.3, -0.25) is 9.59 Å². The second-order valence-electron chi connectivity index (χ2n) is 3.61. The molecule has 84 valence electrons. The van der Waals surface area contributed by atoms with Crippen LogP contribution in [0, 0.1) is 22.7 Å². The number of carbonyl (C=O) groups is 2. The van der Waals surface area contributed by atoms with E-state index in [0.29, 0.717) is 23.3 Å². The third-order valence-corrected chi connectivity index (χ3v) is 2.74. The van der Waals surface area contributed by atoms with Gasteiger partial charge in [-0.1, -0.05) is 12.1 Å². The third-order valence-electron chi connectivity index (χ3n) is 2.74. The first kappa shape index (κ1) is 11.5. The van der Waals surface area contributed by atoms with Gasteiger partial charge in [-0.25, -0.2) is 0 Å². The second kappa shape index (κ2) is 4.48. The van der Waals surface area contributed by atoms with E-state index in [1.807, 2.05) is 12.1 Å². The van der Waals surface area contributed by atoms with Gasteiger partial charge < -0.3 is 0 Å². The maximum Gasteiger partial charge on any atom is 0.151 e. The topological polar surface area (TPSA) is 81.7 Å². The molecule has 0 spiro atoms. The van der Waals surface area contributed by atoms with Crippen molar-refractivity contribution in [2.75, 3.05) is 0 Å². The minimum Gasteiger partial charge on any atom is -0.298 e. The van der Waals surface area contributed by atoms with Crippen molar-refractivity contribution in [3.63, 3.8) is 0 Å². The van der Waals surface area contributed by atoms with Gasteiger partial charge in [0.15, 0.2) is 12.6 Å². The van der Waals surface area contributed by atoms with Crippen molar-refractivity contribution in [3.05, 3.63) is 46.5 Å². The number of nitriles is 2. The summed E-state index contributed by atoms with van der Waals surface area (Å²) < 4.78 is 0. The lowest BCUT2D eigenvalue weighted by Crippen LogP contribution is -1.94. The molecule has 2 aromatic rings. The Morgan fingerprint density at radius 2 is 1.17 bits per heavy atom. The molecule has 0 aliphatic heterocycles. The average Bonchev–Trinajstić information content (AvgIpc) is 2.44. The fraction of sp³-hybridized carbons (Fsp3) is 0. The lowest BCUT2D eigenvalue weighted by Gasteiger charge is -2.06. The lowest BCUT2D eigenvalue weighted by atomic mass is 9.95. The highest BCUT2D eigenvalue weighted by molar-refractivity contribution is 6.01. The van der Waals surface area contributed by atoms with Crippen LogP contribution in [0.3, 0.4) is 0 Å². The van der Waals surface area contributed by atoms with Gasteiger partial charge in [-0.05, 0) is 12.1 Å². The average molecular weight is 234 g/mol. The SMILES string of the molecule is N#Cc1c(C=O)ccc2c(C#N)c(C=O)ccc12. The minimum atomic E-state index is 0.219. The van der Waals surface area contributed by atoms with Crippen LogP contribution in [-0.2, 0) is 0 Å². The van der Waals surface area contributed by atoms with Crippen LogP contribution >= 0.6 is 0 Å². The summed E-state index contributed by atoms with van der Waals surface area (Å²) in [5, 5.41) is 19.2. The summed E-state index contributed by atoms with van der Waals surface area (Å²) >= 11 is 0. The molecule has 4 heteroatoms. The summed E-state index contributed by atoms with van der Waals surface area (Å²) in [6, 6.07) is 10.00. The Kier molecular flexibility index (Phi) is 2.87. The second-order valence-corrected chi connectivity index (χ2v) is 3.61. The zero-order chi connectivity index (χ0) is 13.1. The first-order valence-corrected chi connectivity index (χ1v) is 5.07. The summed E-state index contributed by atoms with van der Waals surface area (Å²) in [6.45, 7) is 0. The van der Waals surface area contributed by atoms with Gasteiger partial charge in [0, 0.05) is 21.9 Å². The van der Waals surface area contributed by atoms with Gasteiger partial charge in [0.1, 0.15) is 12.1 Å². The van der Waals surface area contributed by atoms with Gasteiger partial charge >= 0.3 is 0 Å². The van der Waals surface area contributed by atoms with Crippen LogP contribution in [0.4, 0.5) is 0 Å². The van der Waals surface area contributed by atoms with Crippen molar-refractivity contribution < 1.29 is 9.59 Å². The number of hydrogen-bond acceptors (Lipinski definition) is 4. The Bertz CT molecular complexity index is 684. The molecule has 0 saturated carbocycles. The van der Waals surface area contributed by atoms with Crippen molar-refractivity contribution >= 4 is 23.3 Å². The molecule has 0 radical (unpaired) electrons. The number of carbonyl (C=O) groups excluding carboxylic acids is 2. The van der Waals surface area contributed by atoms with E-state index in [-0.39, 0.29) is 22.3 Å². The van der Waals surface area contributed by atoms with Crippen LogP contribution in [0.5, 0.6) is 0 Å². The number of hydrogen-bond donors (Lipinski definition) is 0. The first-order chi connectivity index (χ1) is 8.76. The smallest absolute Gasteiger partial charge is 0.151 e. The van der Waals surface area contributed by atoms with Crippen molar-refractivity contribution in [3.8, 4) is 12.1 Å². The van der Waals surface area contributed by atoms with Crippen LogP contribution in [-0.4, -0.2) is 12.6 Å². The van der Waals surface area contributed by atoms with Gasteiger partial charge in [0.2, 0.25) is 0 Å². The highest BCUT2D eigenvalue weighted by atomic mass is 16.1. The predicted molar refractivity (Wildman–Crippen MR) is 64.2 cm³/mol. The summed E-state index contributed by atoms with van der Waals surface area (Å²) in [6.07, 6.45) is 1.19. The monoisotopic (exact) mass is 234 g/mol. The Balaban J connectivity index is 3.00. The molecular formula is C14H6N2O2. The largest absolute Gasteiger partial charge is 0.298 e. The van der Waals surface area contributed by atoms with E-state index in [1.165, 1.54) is 12.1 Å². The van der Waals surface area contributed by atoms with Gasteiger partial charge in [0.25, 0.3) is 0 Å². The molecule has 0 aromatic heterocycles. The molecule has 0 aliphatic carbocycles. The quantitative estimate of drug-likeness (QED) is 0.746. The van der Waals surface area contributed by atoms with Crippen LogP contribution in [0.2, 0.25) is 0 Å². The predicted octanol–water partition coefficient (Wildman–Crippen LogP) is 2.21. The van der Waals surface area contributed by atoms with Crippen molar-refractivity contribution in [2.24, 2.45) is 0 Å². The van der Waals surface area contributed by atoms with E-state index in [1.54, 1.807) is 12.1 Å². The fourth-order valence-electron chi connectivity index (χ4n) is 1.89. The summed E-state index contributed by atoms with van der Waals surface area (Å²) in [4.78, 5) is 21.7. The molecule has 4 nitrogen and oxygen atoms in total. The number of fused-ring (bicyclic) bond motifs is 1. The lowest BCUT2D eigenvalue weighted by molar-refractivity contribution is 0.111. The number of nitrogens with zero attached hydrogens (tertiary/aromatic N) is 2. The Hall–Kier alpha value is -2.98. The molecule has 18 heavy (non-hydrogen) atoms. The molecule has 0 aliphatic rings. The van der Waals surface area contributed by atoms with Crippen molar-refractivity contribution in [2.45, 2.75) is 0 Å². The molecule has 0 bridgehead atoms. The summed E-state index contributed by atoms with van der Waals surface area (Å²) in [7, 11) is 0. The number of rotatable bonds is 2. The van der Waals surface area contributed by atoms with Crippen molar-refractivity contribution in [1.82, 2.24) is 0 Å².